The minimum atomic E-state index is -4.52. The Morgan fingerprint density at radius 2 is 2.07 bits per heavy atom. The molecule has 0 fully saturated rings. The molecule has 0 bridgehead atoms. The van der Waals surface area contributed by atoms with Gasteiger partial charge < -0.3 is 9.67 Å². The quantitative estimate of drug-likeness (QED) is 0.639. The Morgan fingerprint density at radius 3 is 2.57 bits per heavy atom. The highest BCUT2D eigenvalue weighted by Crippen LogP contribution is 1.96. The van der Waals surface area contributed by atoms with Gasteiger partial charge in [-0.2, -0.15) is 8.42 Å². The summed E-state index contributed by atoms with van der Waals surface area (Å²) in [5, 5.41) is 8.97. The third-order valence-electron chi connectivity index (χ3n) is 1.60. The first-order chi connectivity index (χ1) is 6.41. The molecule has 2 N–H and O–H groups in total. The molecule has 0 aromatic carbocycles. The topological polar surface area (TPSA) is 96.6 Å². The van der Waals surface area contributed by atoms with Crippen LogP contribution in [0.5, 0.6) is 0 Å². The molecule has 14 heavy (non-hydrogen) atoms. The molecule has 1 aromatic heterocycles. The average molecular weight is 219 g/mol. The van der Waals surface area contributed by atoms with Gasteiger partial charge in [0.1, 0.15) is 0 Å². The van der Waals surface area contributed by atoms with Crippen LogP contribution in [0.15, 0.2) is 29.2 Å². The summed E-state index contributed by atoms with van der Waals surface area (Å²) in [5.74, 6) is 0. The van der Waals surface area contributed by atoms with Gasteiger partial charge in [0, 0.05) is 12.3 Å². The SMILES string of the molecule is O=c1ccccn1C[C@H](O)S(=O)(=O)O. The van der Waals surface area contributed by atoms with Crippen LogP contribution >= 0.6 is 0 Å². The molecule has 0 saturated heterocycles. The maximum atomic E-state index is 11.1. The van der Waals surface area contributed by atoms with E-state index in [1.165, 1.54) is 24.4 Å². The van der Waals surface area contributed by atoms with Crippen LogP contribution in [-0.2, 0) is 16.7 Å². The summed E-state index contributed by atoms with van der Waals surface area (Å²) in [6.45, 7) is -0.488. The largest absolute Gasteiger partial charge is 0.374 e. The molecule has 0 saturated carbocycles. The number of rotatable bonds is 3. The van der Waals surface area contributed by atoms with Crippen molar-refractivity contribution in [1.29, 1.82) is 0 Å². The van der Waals surface area contributed by atoms with Gasteiger partial charge in [0.25, 0.3) is 15.7 Å². The zero-order chi connectivity index (χ0) is 10.8. The van der Waals surface area contributed by atoms with Crippen molar-refractivity contribution in [3.63, 3.8) is 0 Å². The van der Waals surface area contributed by atoms with E-state index in [9.17, 15) is 13.2 Å². The van der Waals surface area contributed by atoms with Crippen molar-refractivity contribution in [2.75, 3.05) is 0 Å². The predicted molar refractivity (Wildman–Crippen MR) is 48.3 cm³/mol. The minimum Gasteiger partial charge on any atom is -0.374 e. The molecule has 1 heterocycles. The minimum absolute atomic E-state index is 0.449. The van der Waals surface area contributed by atoms with Crippen molar-refractivity contribution in [2.45, 2.75) is 12.0 Å². The number of hydrogen-bond donors (Lipinski definition) is 2. The number of aliphatic hydroxyl groups excluding tert-OH is 1. The van der Waals surface area contributed by atoms with E-state index >= 15 is 0 Å². The predicted octanol–water partition coefficient (Wildman–Crippen LogP) is -0.945. The van der Waals surface area contributed by atoms with E-state index in [0.29, 0.717) is 0 Å². The van der Waals surface area contributed by atoms with Crippen molar-refractivity contribution < 1.29 is 18.1 Å². The van der Waals surface area contributed by atoms with Crippen LogP contribution in [0.4, 0.5) is 0 Å². The van der Waals surface area contributed by atoms with E-state index in [4.69, 9.17) is 9.66 Å². The molecule has 78 valence electrons. The van der Waals surface area contributed by atoms with Gasteiger partial charge >= 0.3 is 0 Å². The summed E-state index contributed by atoms with van der Waals surface area (Å²) in [6, 6.07) is 4.22. The lowest BCUT2D eigenvalue weighted by atomic mass is 10.5. The van der Waals surface area contributed by atoms with Crippen molar-refractivity contribution in [2.24, 2.45) is 0 Å². The maximum Gasteiger partial charge on any atom is 0.293 e. The summed E-state index contributed by atoms with van der Waals surface area (Å²) in [7, 11) is -4.52. The Hall–Kier alpha value is -1.18. The van der Waals surface area contributed by atoms with E-state index in [0.717, 1.165) is 4.57 Å². The second-order valence-electron chi connectivity index (χ2n) is 2.66. The number of aromatic nitrogens is 1. The first-order valence-corrected chi connectivity index (χ1v) is 5.21. The van der Waals surface area contributed by atoms with E-state index in [-0.39, 0.29) is 0 Å². The molecule has 7 heteroatoms. The molecular weight excluding hydrogens is 210 g/mol. The smallest absolute Gasteiger partial charge is 0.293 e. The van der Waals surface area contributed by atoms with Crippen LogP contribution in [0.3, 0.4) is 0 Å². The third-order valence-corrected chi connectivity index (χ3v) is 2.43. The van der Waals surface area contributed by atoms with Crippen LogP contribution in [0.1, 0.15) is 0 Å². The number of hydrogen-bond acceptors (Lipinski definition) is 4. The molecule has 6 nitrogen and oxygen atoms in total. The molecule has 1 aromatic rings. The fraction of sp³-hybridized carbons (Fsp3) is 0.286. The molecule has 1 rings (SSSR count). The second kappa shape index (κ2) is 3.91. The maximum absolute atomic E-state index is 11.1. The van der Waals surface area contributed by atoms with E-state index in [2.05, 4.69) is 0 Å². The second-order valence-corrected chi connectivity index (χ2v) is 4.23. The summed E-state index contributed by atoms with van der Waals surface area (Å²) in [5.41, 5.74) is -2.43. The Labute approximate surface area is 80.2 Å². The Bertz CT molecular complexity index is 463. The lowest BCUT2D eigenvalue weighted by Crippen LogP contribution is -2.30. The van der Waals surface area contributed by atoms with Gasteiger partial charge in [-0.15, -0.1) is 0 Å². The normalized spacial score (nSPS) is 13.9. The Balaban J connectivity index is 2.91. The molecule has 0 aliphatic heterocycles. The fourth-order valence-corrected chi connectivity index (χ4v) is 1.22. The number of pyridine rings is 1. The van der Waals surface area contributed by atoms with E-state index in [1.54, 1.807) is 0 Å². The third kappa shape index (κ3) is 2.66. The van der Waals surface area contributed by atoms with Crippen LogP contribution in [0.25, 0.3) is 0 Å². The average Bonchev–Trinajstić information content (AvgIpc) is 2.07. The zero-order valence-corrected chi connectivity index (χ0v) is 7.88. The van der Waals surface area contributed by atoms with Gasteiger partial charge in [0.15, 0.2) is 5.44 Å². The number of aliphatic hydroxyl groups is 1. The summed E-state index contributed by atoms with van der Waals surface area (Å²) >= 11 is 0. The van der Waals surface area contributed by atoms with Crippen LogP contribution in [0, 0.1) is 0 Å². The van der Waals surface area contributed by atoms with E-state index < -0.39 is 27.7 Å². The Kier molecular flexibility index (Phi) is 3.04. The summed E-state index contributed by atoms with van der Waals surface area (Å²) in [4.78, 5) is 11.1. The number of nitrogens with zero attached hydrogens (tertiary/aromatic N) is 1. The molecule has 0 unspecified atom stereocenters. The van der Waals surface area contributed by atoms with Crippen molar-refractivity contribution in [3.8, 4) is 0 Å². The van der Waals surface area contributed by atoms with Crippen molar-refractivity contribution >= 4 is 10.1 Å². The van der Waals surface area contributed by atoms with Crippen molar-refractivity contribution in [3.05, 3.63) is 34.7 Å². The highest BCUT2D eigenvalue weighted by Gasteiger charge is 2.19. The van der Waals surface area contributed by atoms with Gasteiger partial charge in [-0.25, -0.2) is 0 Å². The molecule has 0 aliphatic carbocycles. The van der Waals surface area contributed by atoms with Gasteiger partial charge in [0.2, 0.25) is 0 Å². The Morgan fingerprint density at radius 1 is 1.43 bits per heavy atom. The van der Waals surface area contributed by atoms with Crippen LogP contribution in [0.2, 0.25) is 0 Å². The molecule has 0 spiro atoms. The standard InChI is InChI=1S/C7H9NO5S/c9-6-3-1-2-4-8(6)5-7(10)14(11,12)13/h1-4,7,10H,5H2,(H,11,12,13)/t7-/m1/s1. The molecular formula is C7H9NO5S. The van der Waals surface area contributed by atoms with Crippen molar-refractivity contribution in [1.82, 2.24) is 4.57 Å². The summed E-state index contributed by atoms with van der Waals surface area (Å²) in [6.07, 6.45) is 1.32. The van der Waals surface area contributed by atoms with Crippen LogP contribution < -0.4 is 5.56 Å². The van der Waals surface area contributed by atoms with Gasteiger partial charge in [-0.05, 0) is 6.07 Å². The van der Waals surface area contributed by atoms with E-state index in [1.807, 2.05) is 0 Å². The van der Waals surface area contributed by atoms with Gasteiger partial charge in [-0.3, -0.25) is 9.35 Å². The summed E-state index contributed by atoms with van der Waals surface area (Å²) < 4.78 is 30.3. The highest BCUT2D eigenvalue weighted by molar-refractivity contribution is 7.86. The molecule has 0 aliphatic rings. The van der Waals surface area contributed by atoms with Gasteiger partial charge in [0.05, 0.1) is 6.54 Å². The molecule has 1 atom stereocenters. The molecule has 0 amide bonds. The first-order valence-electron chi connectivity index (χ1n) is 3.71. The monoisotopic (exact) mass is 219 g/mol. The lowest BCUT2D eigenvalue weighted by molar-refractivity contribution is 0.211. The first kappa shape index (κ1) is 10.9. The fourth-order valence-electron chi connectivity index (χ4n) is 0.874. The molecule has 0 radical (unpaired) electrons. The van der Waals surface area contributed by atoms with Gasteiger partial charge in [-0.1, -0.05) is 6.07 Å². The van der Waals surface area contributed by atoms with Crippen LogP contribution in [-0.4, -0.2) is 28.1 Å². The zero-order valence-electron chi connectivity index (χ0n) is 7.07. The highest BCUT2D eigenvalue weighted by atomic mass is 32.2. The lowest BCUT2D eigenvalue weighted by Gasteiger charge is -2.08.